The van der Waals surface area contributed by atoms with Crippen molar-refractivity contribution in [2.45, 2.75) is 13.0 Å². The first-order chi connectivity index (χ1) is 8.11. The van der Waals surface area contributed by atoms with E-state index in [0.29, 0.717) is 5.56 Å². The van der Waals surface area contributed by atoms with Crippen molar-refractivity contribution in [3.05, 3.63) is 68.5 Å². The van der Waals surface area contributed by atoms with Crippen LogP contribution in [0.5, 0.6) is 0 Å². The number of hydrogen-bond acceptors (Lipinski definition) is 1. The zero-order valence-corrected chi connectivity index (χ0v) is 11.6. The molecule has 2 N–H and O–H groups in total. The highest BCUT2D eigenvalue weighted by Gasteiger charge is 2.16. The number of halogens is 2. The summed E-state index contributed by atoms with van der Waals surface area (Å²) in [5.41, 5.74) is 8.81. The highest BCUT2D eigenvalue weighted by Crippen LogP contribution is 2.27. The van der Waals surface area contributed by atoms with Crippen LogP contribution >= 0.6 is 22.6 Å². The first-order valence-electron chi connectivity index (χ1n) is 5.36. The molecule has 0 aliphatic carbocycles. The maximum Gasteiger partial charge on any atom is 0.128 e. The van der Waals surface area contributed by atoms with Gasteiger partial charge in [0, 0.05) is 9.13 Å². The SMILES string of the molecule is Cc1cccc(C(N)c2ccccc2F)c1I. The summed E-state index contributed by atoms with van der Waals surface area (Å²) in [6, 6.07) is 12.2. The van der Waals surface area contributed by atoms with Gasteiger partial charge >= 0.3 is 0 Å². The molecule has 88 valence electrons. The standard InChI is InChI=1S/C14H13FIN/c1-9-5-4-7-11(13(9)16)14(17)10-6-2-3-8-12(10)15/h2-8,14H,17H2,1H3. The van der Waals surface area contributed by atoms with E-state index in [1.54, 1.807) is 18.2 Å². The summed E-state index contributed by atoms with van der Waals surface area (Å²) in [5, 5.41) is 0. The lowest BCUT2D eigenvalue weighted by molar-refractivity contribution is 0.599. The van der Waals surface area contributed by atoms with E-state index in [9.17, 15) is 4.39 Å². The molecular weight excluding hydrogens is 328 g/mol. The maximum absolute atomic E-state index is 13.7. The Bertz CT molecular complexity index is 539. The lowest BCUT2D eigenvalue weighted by Gasteiger charge is -2.16. The fourth-order valence-corrected chi connectivity index (χ4v) is 2.50. The van der Waals surface area contributed by atoms with Gasteiger partial charge < -0.3 is 5.73 Å². The quantitative estimate of drug-likeness (QED) is 0.827. The summed E-state index contributed by atoms with van der Waals surface area (Å²) in [7, 11) is 0. The van der Waals surface area contributed by atoms with Gasteiger partial charge in [0.1, 0.15) is 5.82 Å². The van der Waals surface area contributed by atoms with E-state index in [-0.39, 0.29) is 5.82 Å². The van der Waals surface area contributed by atoms with Crippen LogP contribution in [0.2, 0.25) is 0 Å². The molecule has 1 nitrogen and oxygen atoms in total. The molecule has 1 unspecified atom stereocenters. The molecule has 2 rings (SSSR count). The molecule has 0 aliphatic rings. The first kappa shape index (κ1) is 12.5. The molecule has 0 fully saturated rings. The van der Waals surface area contributed by atoms with Gasteiger partial charge in [0.15, 0.2) is 0 Å². The minimum Gasteiger partial charge on any atom is -0.320 e. The topological polar surface area (TPSA) is 26.0 Å². The maximum atomic E-state index is 13.7. The van der Waals surface area contributed by atoms with Crippen LogP contribution in [0.1, 0.15) is 22.7 Å². The van der Waals surface area contributed by atoms with Gasteiger partial charge in [-0.15, -0.1) is 0 Å². The third-order valence-corrected chi connectivity index (χ3v) is 4.27. The van der Waals surface area contributed by atoms with Gasteiger partial charge in [-0.25, -0.2) is 4.39 Å². The van der Waals surface area contributed by atoms with Gasteiger partial charge in [-0.1, -0.05) is 36.4 Å². The van der Waals surface area contributed by atoms with Crippen LogP contribution in [0.25, 0.3) is 0 Å². The van der Waals surface area contributed by atoms with Gasteiger partial charge in [0.25, 0.3) is 0 Å². The van der Waals surface area contributed by atoms with Crippen LogP contribution < -0.4 is 5.73 Å². The molecule has 0 aromatic heterocycles. The fraction of sp³-hybridized carbons (Fsp3) is 0.143. The largest absolute Gasteiger partial charge is 0.320 e. The van der Waals surface area contributed by atoms with E-state index in [4.69, 9.17) is 5.73 Å². The van der Waals surface area contributed by atoms with Crippen molar-refractivity contribution >= 4 is 22.6 Å². The number of aryl methyl sites for hydroxylation is 1. The predicted octanol–water partition coefficient (Wildman–Crippen LogP) is 3.79. The summed E-state index contributed by atoms with van der Waals surface area (Å²) >= 11 is 2.26. The predicted molar refractivity (Wildman–Crippen MR) is 76.3 cm³/mol. The molecule has 0 spiro atoms. The minimum absolute atomic E-state index is 0.252. The Morgan fingerprint density at radius 2 is 1.71 bits per heavy atom. The summed E-state index contributed by atoms with van der Waals surface area (Å²) < 4.78 is 14.8. The molecule has 0 amide bonds. The van der Waals surface area contributed by atoms with Gasteiger partial charge in [-0.2, -0.15) is 0 Å². The van der Waals surface area contributed by atoms with Crippen LogP contribution in [0.4, 0.5) is 4.39 Å². The van der Waals surface area contributed by atoms with Crippen LogP contribution in [0, 0.1) is 16.3 Å². The van der Waals surface area contributed by atoms with E-state index < -0.39 is 6.04 Å². The lowest BCUT2D eigenvalue weighted by Crippen LogP contribution is -2.15. The molecule has 0 aliphatic heterocycles. The molecule has 0 radical (unpaired) electrons. The Kier molecular flexibility index (Phi) is 3.79. The van der Waals surface area contributed by atoms with Crippen LogP contribution in [-0.4, -0.2) is 0 Å². The lowest BCUT2D eigenvalue weighted by atomic mass is 9.98. The average Bonchev–Trinajstić information content (AvgIpc) is 2.32. The van der Waals surface area contributed by atoms with Gasteiger partial charge in [-0.05, 0) is 46.7 Å². The van der Waals surface area contributed by atoms with Gasteiger partial charge in [0.05, 0.1) is 6.04 Å². The number of hydrogen-bond donors (Lipinski definition) is 1. The van der Waals surface area contributed by atoms with Crippen molar-refractivity contribution in [1.29, 1.82) is 0 Å². The van der Waals surface area contributed by atoms with Crippen molar-refractivity contribution in [2.75, 3.05) is 0 Å². The Morgan fingerprint density at radius 1 is 1.06 bits per heavy atom. The minimum atomic E-state index is -0.414. The number of rotatable bonds is 2. The summed E-state index contributed by atoms with van der Waals surface area (Å²) in [6.45, 7) is 2.03. The zero-order chi connectivity index (χ0) is 12.4. The number of nitrogens with two attached hydrogens (primary N) is 1. The molecule has 2 aromatic rings. The second-order valence-electron chi connectivity index (χ2n) is 3.98. The molecule has 0 saturated heterocycles. The Morgan fingerprint density at radius 3 is 2.41 bits per heavy atom. The number of benzene rings is 2. The third kappa shape index (κ3) is 2.50. The van der Waals surface area contributed by atoms with Crippen LogP contribution in [-0.2, 0) is 0 Å². The van der Waals surface area contributed by atoms with E-state index in [1.165, 1.54) is 6.07 Å². The Labute approximate surface area is 114 Å². The average molecular weight is 341 g/mol. The molecule has 0 saturated carbocycles. The summed E-state index contributed by atoms with van der Waals surface area (Å²) in [4.78, 5) is 0. The molecule has 2 aromatic carbocycles. The van der Waals surface area contributed by atoms with Crippen LogP contribution in [0.3, 0.4) is 0 Å². The van der Waals surface area contributed by atoms with Crippen LogP contribution in [0.15, 0.2) is 42.5 Å². The molecule has 0 heterocycles. The van der Waals surface area contributed by atoms with Gasteiger partial charge in [-0.3, -0.25) is 0 Å². The van der Waals surface area contributed by atoms with E-state index >= 15 is 0 Å². The van der Waals surface area contributed by atoms with E-state index in [2.05, 4.69) is 22.6 Å². The zero-order valence-electron chi connectivity index (χ0n) is 9.45. The van der Waals surface area contributed by atoms with E-state index in [1.807, 2.05) is 25.1 Å². The second-order valence-corrected chi connectivity index (χ2v) is 5.06. The Balaban J connectivity index is 2.48. The highest BCUT2D eigenvalue weighted by molar-refractivity contribution is 14.1. The summed E-state index contributed by atoms with van der Waals surface area (Å²) in [6.07, 6.45) is 0. The van der Waals surface area contributed by atoms with Crippen molar-refractivity contribution in [3.63, 3.8) is 0 Å². The first-order valence-corrected chi connectivity index (χ1v) is 6.44. The fourth-order valence-electron chi connectivity index (χ4n) is 1.81. The Hall–Kier alpha value is -0.940. The third-order valence-electron chi connectivity index (χ3n) is 2.80. The molecule has 17 heavy (non-hydrogen) atoms. The van der Waals surface area contributed by atoms with E-state index in [0.717, 1.165) is 14.7 Å². The van der Waals surface area contributed by atoms with Crippen molar-refractivity contribution in [3.8, 4) is 0 Å². The van der Waals surface area contributed by atoms with Crippen molar-refractivity contribution < 1.29 is 4.39 Å². The van der Waals surface area contributed by atoms with Gasteiger partial charge in [0.2, 0.25) is 0 Å². The normalized spacial score (nSPS) is 12.5. The monoisotopic (exact) mass is 341 g/mol. The highest BCUT2D eigenvalue weighted by atomic mass is 127. The smallest absolute Gasteiger partial charge is 0.128 e. The van der Waals surface area contributed by atoms with Crippen molar-refractivity contribution in [1.82, 2.24) is 0 Å². The molecular formula is C14H13FIN. The van der Waals surface area contributed by atoms with Crippen molar-refractivity contribution in [2.24, 2.45) is 5.73 Å². The molecule has 3 heteroatoms. The second kappa shape index (κ2) is 5.14. The summed E-state index contributed by atoms with van der Waals surface area (Å²) in [5.74, 6) is -0.252. The molecule has 1 atom stereocenters. The molecule has 0 bridgehead atoms.